The van der Waals surface area contributed by atoms with Crippen LogP contribution in [0.1, 0.15) is 18.4 Å². The third-order valence-electron chi connectivity index (χ3n) is 4.19. The predicted molar refractivity (Wildman–Crippen MR) is 80.6 cm³/mol. The molecular weight excluding hydrogens is 269 g/mol. The minimum Gasteiger partial charge on any atom is -0.369 e. The number of pyridine rings is 1. The Bertz CT molecular complexity index is 693. The molecule has 3 rings (SSSR count). The molecule has 0 atom stereocenters. The largest absolute Gasteiger partial charge is 0.369 e. The van der Waals surface area contributed by atoms with Crippen LogP contribution in [-0.2, 0) is 4.79 Å². The van der Waals surface area contributed by atoms with Crippen LogP contribution in [0.15, 0.2) is 24.3 Å². The molecule has 5 heteroatoms. The molecule has 0 bridgehead atoms. The Morgan fingerprint density at radius 2 is 2.05 bits per heavy atom. The van der Waals surface area contributed by atoms with Crippen molar-refractivity contribution in [2.24, 2.45) is 11.7 Å². The first kappa shape index (κ1) is 13.8. The summed E-state index contributed by atoms with van der Waals surface area (Å²) in [6, 6.07) is 6.69. The van der Waals surface area contributed by atoms with E-state index in [9.17, 15) is 9.18 Å². The molecule has 0 unspecified atom stereocenters. The molecule has 0 aliphatic carbocycles. The summed E-state index contributed by atoms with van der Waals surface area (Å²) in [5.74, 6) is 0.298. The van der Waals surface area contributed by atoms with Crippen LogP contribution in [0.2, 0.25) is 0 Å². The van der Waals surface area contributed by atoms with Crippen molar-refractivity contribution < 1.29 is 9.18 Å². The second-order valence-corrected chi connectivity index (χ2v) is 5.62. The Morgan fingerprint density at radius 3 is 2.71 bits per heavy atom. The van der Waals surface area contributed by atoms with E-state index < -0.39 is 0 Å². The average Bonchev–Trinajstić information content (AvgIpc) is 2.46. The van der Waals surface area contributed by atoms with Crippen molar-refractivity contribution in [2.45, 2.75) is 19.8 Å². The second-order valence-electron chi connectivity index (χ2n) is 5.62. The fraction of sp³-hybridized carbons (Fsp3) is 0.375. The van der Waals surface area contributed by atoms with E-state index in [2.05, 4.69) is 9.88 Å². The number of carbonyl (C=O) groups is 1. The quantitative estimate of drug-likeness (QED) is 0.922. The van der Waals surface area contributed by atoms with Crippen molar-refractivity contribution in [3.8, 4) is 0 Å². The fourth-order valence-corrected chi connectivity index (χ4v) is 2.91. The molecule has 2 aromatic rings. The van der Waals surface area contributed by atoms with Crippen molar-refractivity contribution in [1.29, 1.82) is 0 Å². The topological polar surface area (TPSA) is 59.2 Å². The maximum Gasteiger partial charge on any atom is 0.220 e. The number of aromatic nitrogens is 1. The molecule has 21 heavy (non-hydrogen) atoms. The maximum absolute atomic E-state index is 13.4. The lowest BCUT2D eigenvalue weighted by Crippen LogP contribution is -2.38. The number of piperidine rings is 1. The van der Waals surface area contributed by atoms with Crippen molar-refractivity contribution in [3.05, 3.63) is 35.6 Å². The Kier molecular flexibility index (Phi) is 3.49. The number of anilines is 1. The summed E-state index contributed by atoms with van der Waals surface area (Å²) in [6.07, 6.45) is 1.49. The molecule has 1 fully saturated rings. The van der Waals surface area contributed by atoms with Gasteiger partial charge in [-0.3, -0.25) is 4.79 Å². The number of halogens is 1. The number of amides is 1. The summed E-state index contributed by atoms with van der Waals surface area (Å²) >= 11 is 0. The summed E-state index contributed by atoms with van der Waals surface area (Å²) < 4.78 is 13.4. The van der Waals surface area contributed by atoms with Gasteiger partial charge in [0.2, 0.25) is 5.91 Å². The first-order valence-electron chi connectivity index (χ1n) is 7.16. The van der Waals surface area contributed by atoms with Gasteiger partial charge in [-0.25, -0.2) is 9.37 Å². The molecule has 1 aromatic heterocycles. The van der Waals surface area contributed by atoms with Gasteiger partial charge >= 0.3 is 0 Å². The molecule has 1 aromatic carbocycles. The Labute approximate surface area is 122 Å². The minimum atomic E-state index is -0.279. The normalized spacial score (nSPS) is 16.4. The van der Waals surface area contributed by atoms with E-state index in [0.717, 1.165) is 42.7 Å². The minimum absolute atomic E-state index is 0.0414. The highest BCUT2D eigenvalue weighted by Gasteiger charge is 2.24. The highest BCUT2D eigenvalue weighted by atomic mass is 19.1. The van der Waals surface area contributed by atoms with Gasteiger partial charge in [0.25, 0.3) is 0 Å². The van der Waals surface area contributed by atoms with Gasteiger partial charge in [-0.05, 0) is 43.5 Å². The summed E-state index contributed by atoms with van der Waals surface area (Å²) in [6.45, 7) is 3.50. The van der Waals surface area contributed by atoms with E-state index in [4.69, 9.17) is 5.73 Å². The highest BCUT2D eigenvalue weighted by Crippen LogP contribution is 2.26. The lowest BCUT2D eigenvalue weighted by atomic mass is 9.96. The SMILES string of the molecule is Cc1cc(N2CCC(C(N)=O)CC2)nc2cc(F)ccc12. The van der Waals surface area contributed by atoms with Crippen LogP contribution in [0.3, 0.4) is 0 Å². The fourth-order valence-electron chi connectivity index (χ4n) is 2.91. The number of aryl methyl sites for hydroxylation is 1. The monoisotopic (exact) mass is 287 g/mol. The van der Waals surface area contributed by atoms with Gasteiger partial charge < -0.3 is 10.6 Å². The molecule has 2 heterocycles. The Balaban J connectivity index is 1.89. The zero-order valence-electron chi connectivity index (χ0n) is 12.0. The molecule has 4 nitrogen and oxygen atoms in total. The van der Waals surface area contributed by atoms with Crippen molar-refractivity contribution in [3.63, 3.8) is 0 Å². The van der Waals surface area contributed by atoms with Crippen LogP contribution in [0, 0.1) is 18.7 Å². The first-order valence-corrected chi connectivity index (χ1v) is 7.16. The first-order chi connectivity index (χ1) is 10.0. The summed E-state index contributed by atoms with van der Waals surface area (Å²) in [5.41, 5.74) is 7.10. The summed E-state index contributed by atoms with van der Waals surface area (Å²) in [4.78, 5) is 17.9. The van der Waals surface area contributed by atoms with Gasteiger partial charge in [0.15, 0.2) is 0 Å². The lowest BCUT2D eigenvalue weighted by molar-refractivity contribution is -0.122. The van der Waals surface area contributed by atoms with E-state index in [0.29, 0.717) is 5.52 Å². The van der Waals surface area contributed by atoms with Crippen molar-refractivity contribution in [2.75, 3.05) is 18.0 Å². The third-order valence-corrected chi connectivity index (χ3v) is 4.19. The third kappa shape index (κ3) is 2.68. The molecular formula is C16H18FN3O. The van der Waals surface area contributed by atoms with E-state index in [-0.39, 0.29) is 17.6 Å². The van der Waals surface area contributed by atoms with Gasteiger partial charge in [0.1, 0.15) is 11.6 Å². The predicted octanol–water partition coefficient (Wildman–Crippen LogP) is 2.38. The molecule has 0 saturated carbocycles. The number of primary amides is 1. The molecule has 2 N–H and O–H groups in total. The summed E-state index contributed by atoms with van der Waals surface area (Å²) in [7, 11) is 0. The highest BCUT2D eigenvalue weighted by molar-refractivity contribution is 5.84. The maximum atomic E-state index is 13.4. The zero-order chi connectivity index (χ0) is 15.0. The van der Waals surface area contributed by atoms with E-state index in [1.54, 1.807) is 6.07 Å². The van der Waals surface area contributed by atoms with E-state index in [1.807, 2.05) is 13.0 Å². The molecule has 1 aliphatic heterocycles. The van der Waals surface area contributed by atoms with Crippen LogP contribution >= 0.6 is 0 Å². The molecule has 1 aliphatic rings. The average molecular weight is 287 g/mol. The number of nitrogens with zero attached hydrogens (tertiary/aromatic N) is 2. The van der Waals surface area contributed by atoms with Gasteiger partial charge in [0, 0.05) is 30.5 Å². The number of fused-ring (bicyclic) bond motifs is 1. The number of nitrogens with two attached hydrogens (primary N) is 1. The standard InChI is InChI=1S/C16H18FN3O/c1-10-8-15(19-14-9-12(17)2-3-13(10)14)20-6-4-11(5-7-20)16(18)21/h2-3,8-9,11H,4-7H2,1H3,(H2,18,21). The number of hydrogen-bond donors (Lipinski definition) is 1. The smallest absolute Gasteiger partial charge is 0.220 e. The Hall–Kier alpha value is -2.17. The van der Waals surface area contributed by atoms with Crippen LogP contribution in [-0.4, -0.2) is 24.0 Å². The van der Waals surface area contributed by atoms with Crippen molar-refractivity contribution in [1.82, 2.24) is 4.98 Å². The van der Waals surface area contributed by atoms with Crippen LogP contribution in [0.5, 0.6) is 0 Å². The molecule has 110 valence electrons. The second kappa shape index (κ2) is 5.31. The van der Waals surface area contributed by atoms with Gasteiger partial charge in [-0.2, -0.15) is 0 Å². The molecule has 1 saturated heterocycles. The van der Waals surface area contributed by atoms with Gasteiger partial charge in [0.05, 0.1) is 5.52 Å². The molecule has 0 radical (unpaired) electrons. The van der Waals surface area contributed by atoms with Crippen LogP contribution < -0.4 is 10.6 Å². The lowest BCUT2D eigenvalue weighted by Gasteiger charge is -2.31. The molecule has 1 amide bonds. The van der Waals surface area contributed by atoms with E-state index >= 15 is 0 Å². The number of benzene rings is 1. The van der Waals surface area contributed by atoms with Gasteiger partial charge in [-0.1, -0.05) is 0 Å². The van der Waals surface area contributed by atoms with E-state index in [1.165, 1.54) is 12.1 Å². The van der Waals surface area contributed by atoms with Gasteiger partial charge in [-0.15, -0.1) is 0 Å². The number of hydrogen-bond acceptors (Lipinski definition) is 3. The Morgan fingerprint density at radius 1 is 1.33 bits per heavy atom. The zero-order valence-corrected chi connectivity index (χ0v) is 12.0. The van der Waals surface area contributed by atoms with Crippen LogP contribution in [0.4, 0.5) is 10.2 Å². The number of carbonyl (C=O) groups excluding carboxylic acids is 1. The van der Waals surface area contributed by atoms with Crippen LogP contribution in [0.25, 0.3) is 10.9 Å². The summed E-state index contributed by atoms with van der Waals surface area (Å²) in [5, 5.41) is 0.965. The molecule has 0 spiro atoms. The van der Waals surface area contributed by atoms with Crippen molar-refractivity contribution >= 4 is 22.6 Å². The number of rotatable bonds is 2.